The summed E-state index contributed by atoms with van der Waals surface area (Å²) in [6.45, 7) is 2.54. The van der Waals surface area contributed by atoms with Crippen LogP contribution in [0.4, 0.5) is 0 Å². The van der Waals surface area contributed by atoms with E-state index in [1.165, 1.54) is 62.5 Å². The van der Waals surface area contributed by atoms with Gasteiger partial charge in [-0.25, -0.2) is 0 Å². The van der Waals surface area contributed by atoms with Crippen LogP contribution in [0.1, 0.15) is 56.6 Å². The number of hydrogen-bond donors (Lipinski definition) is 0. The van der Waals surface area contributed by atoms with Crippen LogP contribution in [0.3, 0.4) is 0 Å². The number of hydrogen-bond acceptors (Lipinski definition) is 0. The van der Waals surface area contributed by atoms with E-state index < -0.39 is 0 Å². The molecule has 0 amide bonds. The second-order valence-electron chi connectivity index (χ2n) is 7.73. The van der Waals surface area contributed by atoms with Gasteiger partial charge in [0.1, 0.15) is 0 Å². The molecule has 1 aliphatic carbocycles. The van der Waals surface area contributed by atoms with Gasteiger partial charge in [-0.05, 0) is 48.1 Å². The van der Waals surface area contributed by atoms with Gasteiger partial charge in [-0.15, -0.1) is 0 Å². The van der Waals surface area contributed by atoms with Crippen LogP contribution in [0.2, 0.25) is 0 Å². The lowest BCUT2D eigenvalue weighted by atomic mass is 9.72. The Hall–Kier alpha value is -1.56. The molecule has 0 spiro atoms. The predicted molar refractivity (Wildman–Crippen MR) is 104 cm³/mol. The first kappa shape index (κ1) is 17.3. The van der Waals surface area contributed by atoms with E-state index in [-0.39, 0.29) is 0 Å². The molecule has 0 heteroatoms. The van der Waals surface area contributed by atoms with Crippen LogP contribution in [0.5, 0.6) is 0 Å². The normalized spacial score (nSPS) is 18.2. The fourth-order valence-corrected chi connectivity index (χ4v) is 4.51. The third-order valence-electron chi connectivity index (χ3n) is 6.12. The van der Waals surface area contributed by atoms with Crippen LogP contribution in [0.15, 0.2) is 60.7 Å². The minimum Gasteiger partial charge on any atom is -0.0622 e. The van der Waals surface area contributed by atoms with Gasteiger partial charge in [0.2, 0.25) is 0 Å². The summed E-state index contributed by atoms with van der Waals surface area (Å²) in [6.07, 6.45) is 11.0. The molecule has 24 heavy (non-hydrogen) atoms. The van der Waals surface area contributed by atoms with Gasteiger partial charge in [0.15, 0.2) is 0 Å². The Kier molecular flexibility index (Phi) is 6.52. The van der Waals surface area contributed by atoms with E-state index in [0.29, 0.717) is 0 Å². The Morgan fingerprint density at radius 3 is 2.00 bits per heavy atom. The van der Waals surface area contributed by atoms with E-state index in [4.69, 9.17) is 0 Å². The number of aryl methyl sites for hydroxylation is 1. The van der Waals surface area contributed by atoms with Crippen LogP contribution in [-0.2, 0) is 12.8 Å². The summed E-state index contributed by atoms with van der Waals surface area (Å²) < 4.78 is 0. The van der Waals surface area contributed by atoms with Crippen LogP contribution in [0.25, 0.3) is 0 Å². The van der Waals surface area contributed by atoms with Crippen molar-refractivity contribution in [3.05, 3.63) is 71.8 Å². The van der Waals surface area contributed by atoms with Crippen molar-refractivity contribution in [2.24, 2.45) is 17.8 Å². The average molecular weight is 321 g/mol. The van der Waals surface area contributed by atoms with Gasteiger partial charge in [0, 0.05) is 0 Å². The highest BCUT2D eigenvalue weighted by Crippen LogP contribution is 2.36. The zero-order chi connectivity index (χ0) is 16.6. The van der Waals surface area contributed by atoms with E-state index in [0.717, 1.165) is 17.8 Å². The zero-order valence-electron chi connectivity index (χ0n) is 15.2. The highest BCUT2D eigenvalue weighted by atomic mass is 14.3. The summed E-state index contributed by atoms with van der Waals surface area (Å²) >= 11 is 0. The first-order valence-electron chi connectivity index (χ1n) is 9.91. The van der Waals surface area contributed by atoms with Crippen molar-refractivity contribution in [3.63, 3.8) is 0 Å². The molecular weight excluding hydrogens is 288 g/mol. The van der Waals surface area contributed by atoms with Crippen molar-refractivity contribution in [1.82, 2.24) is 0 Å². The molecule has 128 valence electrons. The average Bonchev–Trinajstić information content (AvgIpc) is 2.67. The minimum atomic E-state index is 0.802. The summed E-state index contributed by atoms with van der Waals surface area (Å²) in [7, 11) is 0. The highest BCUT2D eigenvalue weighted by Gasteiger charge is 2.27. The zero-order valence-corrected chi connectivity index (χ0v) is 15.2. The van der Waals surface area contributed by atoms with Gasteiger partial charge in [-0.1, -0.05) is 99.7 Å². The first-order valence-corrected chi connectivity index (χ1v) is 9.91. The molecule has 0 nitrogen and oxygen atoms in total. The van der Waals surface area contributed by atoms with Gasteiger partial charge in [0.25, 0.3) is 0 Å². The van der Waals surface area contributed by atoms with Crippen molar-refractivity contribution in [3.8, 4) is 0 Å². The van der Waals surface area contributed by atoms with E-state index in [1.54, 1.807) is 0 Å². The van der Waals surface area contributed by atoms with Crippen molar-refractivity contribution >= 4 is 0 Å². The van der Waals surface area contributed by atoms with Crippen LogP contribution >= 0.6 is 0 Å². The largest absolute Gasteiger partial charge is 0.0622 e. The minimum absolute atomic E-state index is 0.802. The highest BCUT2D eigenvalue weighted by molar-refractivity contribution is 5.17. The molecule has 0 heterocycles. The fourth-order valence-electron chi connectivity index (χ4n) is 4.51. The number of benzene rings is 2. The van der Waals surface area contributed by atoms with Gasteiger partial charge in [0.05, 0.1) is 0 Å². The van der Waals surface area contributed by atoms with E-state index in [2.05, 4.69) is 67.6 Å². The molecule has 0 aromatic heterocycles. The molecule has 1 fully saturated rings. The molecule has 0 aliphatic heterocycles. The molecule has 0 N–H and O–H groups in total. The van der Waals surface area contributed by atoms with Crippen LogP contribution in [0, 0.1) is 17.8 Å². The summed E-state index contributed by atoms with van der Waals surface area (Å²) in [5.41, 5.74) is 3.00. The maximum absolute atomic E-state index is 2.54. The van der Waals surface area contributed by atoms with Crippen molar-refractivity contribution in [1.29, 1.82) is 0 Å². The third-order valence-corrected chi connectivity index (χ3v) is 6.12. The Morgan fingerprint density at radius 2 is 1.38 bits per heavy atom. The molecule has 0 bridgehead atoms. The summed E-state index contributed by atoms with van der Waals surface area (Å²) in [5, 5.41) is 0. The molecule has 3 rings (SSSR count). The van der Waals surface area contributed by atoms with Gasteiger partial charge >= 0.3 is 0 Å². The third kappa shape index (κ3) is 4.97. The second-order valence-corrected chi connectivity index (χ2v) is 7.73. The van der Waals surface area contributed by atoms with Crippen LogP contribution < -0.4 is 0 Å². The van der Waals surface area contributed by atoms with Gasteiger partial charge in [-0.3, -0.25) is 0 Å². The standard InChI is InChI=1S/C24H32/c1-20(23-15-9-4-10-16-23)24(19-22-13-7-3-8-14-22)18-17-21-11-5-2-6-12-21/h2-3,5-8,11-14,20,23-24H,4,9-10,15-19H2,1H3. The Morgan fingerprint density at radius 1 is 0.792 bits per heavy atom. The van der Waals surface area contributed by atoms with Gasteiger partial charge in [-0.2, -0.15) is 0 Å². The van der Waals surface area contributed by atoms with E-state index >= 15 is 0 Å². The lowest BCUT2D eigenvalue weighted by Gasteiger charge is -2.34. The molecule has 0 radical (unpaired) electrons. The second kappa shape index (κ2) is 9.06. The molecule has 0 saturated heterocycles. The lowest BCUT2D eigenvalue weighted by molar-refractivity contribution is 0.185. The number of rotatable bonds is 7. The monoisotopic (exact) mass is 320 g/mol. The fraction of sp³-hybridized carbons (Fsp3) is 0.500. The summed E-state index contributed by atoms with van der Waals surface area (Å²) in [5.74, 6) is 2.59. The Labute approximate surface area is 148 Å². The van der Waals surface area contributed by atoms with Crippen LogP contribution in [-0.4, -0.2) is 0 Å². The molecule has 2 aromatic carbocycles. The van der Waals surface area contributed by atoms with Gasteiger partial charge < -0.3 is 0 Å². The summed E-state index contributed by atoms with van der Waals surface area (Å²) in [4.78, 5) is 0. The van der Waals surface area contributed by atoms with E-state index in [1.807, 2.05) is 0 Å². The Balaban J connectivity index is 1.67. The van der Waals surface area contributed by atoms with Crippen molar-refractivity contribution in [2.45, 2.75) is 58.3 Å². The molecule has 1 aliphatic rings. The van der Waals surface area contributed by atoms with Crippen molar-refractivity contribution < 1.29 is 0 Å². The SMILES string of the molecule is CC(C1CCCCC1)C(CCc1ccccc1)Cc1ccccc1. The first-order chi connectivity index (χ1) is 11.8. The van der Waals surface area contributed by atoms with Crippen molar-refractivity contribution in [2.75, 3.05) is 0 Å². The van der Waals surface area contributed by atoms with E-state index in [9.17, 15) is 0 Å². The maximum atomic E-state index is 2.54. The molecule has 2 unspecified atom stereocenters. The molecular formula is C24H32. The smallest absolute Gasteiger partial charge is 0.0248 e. The topological polar surface area (TPSA) is 0 Å². The molecule has 1 saturated carbocycles. The lowest BCUT2D eigenvalue weighted by Crippen LogP contribution is -2.25. The predicted octanol–water partition coefficient (Wildman–Crippen LogP) is 6.69. The quantitative estimate of drug-likeness (QED) is 0.533. The molecule has 2 atom stereocenters. The molecule has 2 aromatic rings. The maximum Gasteiger partial charge on any atom is -0.0248 e. The summed E-state index contributed by atoms with van der Waals surface area (Å²) in [6, 6.07) is 22.2. The Bertz CT molecular complexity index is 566.